The lowest BCUT2D eigenvalue weighted by Gasteiger charge is -2.26. The average Bonchev–Trinajstić information content (AvgIpc) is 2.82. The molecule has 1 aromatic heterocycles. The van der Waals surface area contributed by atoms with Crippen molar-refractivity contribution in [1.82, 2.24) is 9.80 Å². The van der Waals surface area contributed by atoms with Gasteiger partial charge < -0.3 is 4.90 Å². The van der Waals surface area contributed by atoms with Crippen molar-refractivity contribution in [2.75, 3.05) is 6.54 Å². The molecule has 0 spiro atoms. The maximum absolute atomic E-state index is 12.3. The minimum atomic E-state index is -0.361. The Morgan fingerprint density at radius 3 is 2.88 bits per heavy atom. The first-order valence-corrected chi connectivity index (χ1v) is 6.69. The van der Waals surface area contributed by atoms with Crippen LogP contribution in [0.5, 0.6) is 0 Å². The second-order valence-electron chi connectivity index (χ2n) is 4.73. The summed E-state index contributed by atoms with van der Waals surface area (Å²) in [6.45, 7) is 4.41. The number of hydrogen-bond donors (Lipinski definition) is 0. The molecule has 0 radical (unpaired) electrons. The molecule has 0 bridgehead atoms. The zero-order valence-electron chi connectivity index (χ0n) is 9.84. The number of urea groups is 1. The van der Waals surface area contributed by atoms with Crippen LogP contribution < -0.4 is 0 Å². The Morgan fingerprint density at radius 1 is 1.41 bits per heavy atom. The third-order valence-corrected chi connectivity index (χ3v) is 4.40. The molecule has 1 unspecified atom stereocenters. The molecule has 1 atom stereocenters. The molecular formula is C12H14N2O2S. The predicted molar refractivity (Wildman–Crippen MR) is 64.8 cm³/mol. The first-order chi connectivity index (χ1) is 8.11. The highest BCUT2D eigenvalue weighted by atomic mass is 32.1. The summed E-state index contributed by atoms with van der Waals surface area (Å²) in [5.74, 6) is -0.0654. The highest BCUT2D eigenvalue weighted by molar-refractivity contribution is 7.10. The lowest BCUT2D eigenvalue weighted by Crippen LogP contribution is -2.38. The third-order valence-electron chi connectivity index (χ3n) is 3.41. The van der Waals surface area contributed by atoms with E-state index in [0.29, 0.717) is 6.54 Å². The van der Waals surface area contributed by atoms with Gasteiger partial charge in [0.2, 0.25) is 0 Å². The van der Waals surface area contributed by atoms with Crippen LogP contribution in [-0.4, -0.2) is 34.3 Å². The van der Waals surface area contributed by atoms with Crippen LogP contribution in [0.4, 0.5) is 4.79 Å². The molecule has 4 nitrogen and oxygen atoms in total. The van der Waals surface area contributed by atoms with Crippen LogP contribution >= 0.6 is 11.3 Å². The standard InChI is InChI=1S/C12H14N2O2S/c1-7(2)14-11(15)10-8-4-6-17-9(8)3-5-13(10)12(14)16/h4,6-7,10H,3,5H2,1-2H3. The summed E-state index contributed by atoms with van der Waals surface area (Å²) >= 11 is 1.68. The topological polar surface area (TPSA) is 40.6 Å². The summed E-state index contributed by atoms with van der Waals surface area (Å²) in [5, 5.41) is 2.00. The van der Waals surface area contributed by atoms with Gasteiger partial charge in [0.15, 0.2) is 0 Å². The van der Waals surface area contributed by atoms with Gasteiger partial charge in [-0.15, -0.1) is 11.3 Å². The maximum atomic E-state index is 12.3. The summed E-state index contributed by atoms with van der Waals surface area (Å²) < 4.78 is 0. The van der Waals surface area contributed by atoms with Crippen LogP contribution in [-0.2, 0) is 11.2 Å². The number of carbonyl (C=O) groups is 2. The number of imide groups is 1. The first-order valence-electron chi connectivity index (χ1n) is 5.81. The number of hydrogen-bond acceptors (Lipinski definition) is 3. The van der Waals surface area contributed by atoms with E-state index in [2.05, 4.69) is 0 Å². The van der Waals surface area contributed by atoms with Crippen LogP contribution in [0.2, 0.25) is 0 Å². The molecule has 90 valence electrons. The molecule has 2 aliphatic heterocycles. The highest BCUT2D eigenvalue weighted by Gasteiger charge is 2.49. The van der Waals surface area contributed by atoms with Crippen LogP contribution in [0.15, 0.2) is 11.4 Å². The van der Waals surface area contributed by atoms with E-state index < -0.39 is 0 Å². The molecule has 2 aliphatic rings. The number of carbonyl (C=O) groups excluding carboxylic acids is 2. The van der Waals surface area contributed by atoms with Crippen LogP contribution in [0.1, 0.15) is 30.3 Å². The van der Waals surface area contributed by atoms with Crippen molar-refractivity contribution in [2.45, 2.75) is 32.4 Å². The molecule has 1 saturated heterocycles. The average molecular weight is 250 g/mol. The fraction of sp³-hybridized carbons (Fsp3) is 0.500. The van der Waals surface area contributed by atoms with Gasteiger partial charge in [-0.3, -0.25) is 9.69 Å². The monoisotopic (exact) mass is 250 g/mol. The van der Waals surface area contributed by atoms with E-state index in [0.717, 1.165) is 12.0 Å². The zero-order valence-corrected chi connectivity index (χ0v) is 10.7. The Bertz CT molecular complexity index is 494. The fourth-order valence-corrected chi connectivity index (χ4v) is 3.53. The predicted octanol–water partition coefficient (Wildman–Crippen LogP) is 2.02. The summed E-state index contributed by atoms with van der Waals surface area (Å²) in [7, 11) is 0. The minimum Gasteiger partial charge on any atom is -0.308 e. The zero-order chi connectivity index (χ0) is 12.2. The largest absolute Gasteiger partial charge is 0.327 e. The van der Waals surface area contributed by atoms with Gasteiger partial charge in [-0.2, -0.15) is 0 Å². The molecule has 5 heteroatoms. The molecule has 17 heavy (non-hydrogen) atoms. The third kappa shape index (κ3) is 1.35. The quantitative estimate of drug-likeness (QED) is 0.715. The minimum absolute atomic E-state index is 0.0654. The van der Waals surface area contributed by atoms with E-state index in [9.17, 15) is 9.59 Å². The van der Waals surface area contributed by atoms with Gasteiger partial charge in [0.05, 0.1) is 0 Å². The lowest BCUT2D eigenvalue weighted by atomic mass is 10.0. The van der Waals surface area contributed by atoms with Crippen molar-refractivity contribution < 1.29 is 9.59 Å². The van der Waals surface area contributed by atoms with Gasteiger partial charge >= 0.3 is 6.03 Å². The lowest BCUT2D eigenvalue weighted by molar-refractivity contribution is -0.129. The van der Waals surface area contributed by atoms with E-state index in [1.165, 1.54) is 9.78 Å². The summed E-state index contributed by atoms with van der Waals surface area (Å²) in [5.41, 5.74) is 1.03. The molecular weight excluding hydrogens is 236 g/mol. The molecule has 0 aliphatic carbocycles. The molecule has 1 aromatic rings. The molecule has 3 rings (SSSR count). The Labute approximate surface area is 104 Å². The van der Waals surface area contributed by atoms with Crippen molar-refractivity contribution >= 4 is 23.3 Å². The van der Waals surface area contributed by atoms with Crippen LogP contribution in [0.3, 0.4) is 0 Å². The van der Waals surface area contributed by atoms with Crippen LogP contribution in [0, 0.1) is 0 Å². The second-order valence-corrected chi connectivity index (χ2v) is 5.73. The van der Waals surface area contributed by atoms with Gasteiger partial charge in [0.1, 0.15) is 6.04 Å². The number of thiophene rings is 1. The van der Waals surface area contributed by atoms with Gasteiger partial charge in [-0.1, -0.05) is 0 Å². The molecule has 0 aromatic carbocycles. The van der Waals surface area contributed by atoms with E-state index in [1.54, 1.807) is 16.2 Å². The van der Waals surface area contributed by atoms with E-state index in [4.69, 9.17) is 0 Å². The first kappa shape index (κ1) is 10.8. The molecule has 3 amide bonds. The molecule has 3 heterocycles. The SMILES string of the molecule is CC(C)N1C(=O)C2c3ccsc3CCN2C1=O. The van der Waals surface area contributed by atoms with Gasteiger partial charge in [-0.05, 0) is 37.3 Å². The fourth-order valence-electron chi connectivity index (χ4n) is 2.63. The van der Waals surface area contributed by atoms with Crippen LogP contribution in [0.25, 0.3) is 0 Å². The van der Waals surface area contributed by atoms with Gasteiger partial charge in [-0.25, -0.2) is 4.79 Å². The van der Waals surface area contributed by atoms with Gasteiger partial charge in [0, 0.05) is 17.5 Å². The number of amides is 3. The van der Waals surface area contributed by atoms with Crippen molar-refractivity contribution in [3.8, 4) is 0 Å². The number of nitrogens with zero attached hydrogens (tertiary/aromatic N) is 2. The van der Waals surface area contributed by atoms with Crippen molar-refractivity contribution in [1.29, 1.82) is 0 Å². The second kappa shape index (κ2) is 3.57. The Balaban J connectivity index is 2.06. The molecule has 0 saturated carbocycles. The number of fused-ring (bicyclic) bond motifs is 3. The van der Waals surface area contributed by atoms with Crippen molar-refractivity contribution in [2.24, 2.45) is 0 Å². The normalized spacial score (nSPS) is 23.4. The maximum Gasteiger partial charge on any atom is 0.327 e. The van der Waals surface area contributed by atoms with Crippen molar-refractivity contribution in [3.63, 3.8) is 0 Å². The summed E-state index contributed by atoms with van der Waals surface area (Å²) in [4.78, 5) is 28.8. The Morgan fingerprint density at radius 2 is 2.18 bits per heavy atom. The smallest absolute Gasteiger partial charge is 0.308 e. The summed E-state index contributed by atoms with van der Waals surface area (Å²) in [6.07, 6.45) is 0.869. The number of rotatable bonds is 1. The highest BCUT2D eigenvalue weighted by Crippen LogP contribution is 2.39. The van der Waals surface area contributed by atoms with E-state index >= 15 is 0 Å². The van der Waals surface area contributed by atoms with E-state index in [-0.39, 0.29) is 24.0 Å². The Hall–Kier alpha value is -1.36. The molecule has 0 N–H and O–H groups in total. The summed E-state index contributed by atoms with van der Waals surface area (Å²) in [6, 6.07) is 1.42. The Kier molecular flexibility index (Phi) is 2.26. The van der Waals surface area contributed by atoms with Gasteiger partial charge in [0.25, 0.3) is 5.91 Å². The molecule has 1 fully saturated rings. The van der Waals surface area contributed by atoms with Crippen molar-refractivity contribution in [3.05, 3.63) is 21.9 Å². The van der Waals surface area contributed by atoms with E-state index in [1.807, 2.05) is 25.3 Å².